The van der Waals surface area contributed by atoms with Gasteiger partial charge in [0.1, 0.15) is 10.6 Å². The van der Waals surface area contributed by atoms with Crippen molar-refractivity contribution in [3.63, 3.8) is 0 Å². The van der Waals surface area contributed by atoms with E-state index in [0.29, 0.717) is 29.4 Å². The van der Waals surface area contributed by atoms with E-state index in [1.165, 1.54) is 23.5 Å². The highest BCUT2D eigenvalue weighted by molar-refractivity contribution is 7.89. The number of amides is 1. The highest BCUT2D eigenvalue weighted by Gasteiger charge is 2.35. The van der Waals surface area contributed by atoms with E-state index in [-0.39, 0.29) is 29.1 Å². The lowest BCUT2D eigenvalue weighted by molar-refractivity contribution is -0.126. The molecule has 3 rings (SSSR count). The third-order valence-electron chi connectivity index (χ3n) is 5.23. The van der Waals surface area contributed by atoms with E-state index in [0.717, 1.165) is 5.56 Å². The van der Waals surface area contributed by atoms with Gasteiger partial charge in [0.2, 0.25) is 15.9 Å². The van der Waals surface area contributed by atoms with Gasteiger partial charge in [-0.25, -0.2) is 8.42 Å². The fraction of sp³-hybridized carbons (Fsp3) is 0.381. The Morgan fingerprint density at radius 1 is 1.17 bits per heavy atom. The number of rotatable bonds is 6. The Bertz CT molecular complexity index is 1010. The summed E-state index contributed by atoms with van der Waals surface area (Å²) in [7, 11) is -2.44. The Balaban J connectivity index is 1.73. The van der Waals surface area contributed by atoms with Crippen molar-refractivity contribution in [3.05, 3.63) is 58.1 Å². The number of methoxy groups -OCH3 is 1. The Morgan fingerprint density at radius 2 is 1.83 bits per heavy atom. The molecule has 1 aliphatic rings. The number of hydrogen-bond acceptors (Lipinski definition) is 4. The van der Waals surface area contributed by atoms with Gasteiger partial charge in [0.15, 0.2) is 0 Å². The molecule has 162 valence electrons. The molecule has 9 heteroatoms. The van der Waals surface area contributed by atoms with E-state index < -0.39 is 15.9 Å². The molecular weight excluding hydrogens is 447 g/mol. The summed E-state index contributed by atoms with van der Waals surface area (Å²) >= 11 is 11.9. The monoisotopic (exact) mass is 470 g/mol. The quantitative estimate of drug-likeness (QED) is 0.683. The average molecular weight is 471 g/mol. The number of sulfonamides is 1. The van der Waals surface area contributed by atoms with Gasteiger partial charge >= 0.3 is 0 Å². The first-order valence-electron chi connectivity index (χ1n) is 9.62. The summed E-state index contributed by atoms with van der Waals surface area (Å²) in [6.07, 6.45) is 1.22. The van der Waals surface area contributed by atoms with Crippen molar-refractivity contribution >= 4 is 39.1 Å². The molecule has 2 aromatic rings. The number of carbonyl (C=O) groups excluding carboxylic acids is 1. The van der Waals surface area contributed by atoms with Crippen LogP contribution in [0.5, 0.6) is 5.75 Å². The van der Waals surface area contributed by atoms with Gasteiger partial charge in [-0.3, -0.25) is 4.79 Å². The van der Waals surface area contributed by atoms with Crippen molar-refractivity contribution in [2.24, 2.45) is 5.92 Å². The Hall–Kier alpha value is -1.80. The van der Waals surface area contributed by atoms with Gasteiger partial charge in [0, 0.05) is 23.1 Å². The molecule has 1 amide bonds. The second-order valence-electron chi connectivity index (χ2n) is 7.28. The third kappa shape index (κ3) is 5.09. The summed E-state index contributed by atoms with van der Waals surface area (Å²) in [4.78, 5) is 12.8. The van der Waals surface area contributed by atoms with Crippen molar-refractivity contribution in [2.45, 2.75) is 30.7 Å². The Kier molecular flexibility index (Phi) is 7.29. The molecule has 0 spiro atoms. The predicted molar refractivity (Wildman–Crippen MR) is 117 cm³/mol. The number of ether oxygens (including phenoxy) is 1. The second-order valence-corrected chi connectivity index (χ2v) is 10.1. The van der Waals surface area contributed by atoms with Crippen LogP contribution in [0.1, 0.15) is 31.4 Å². The molecule has 1 heterocycles. The first-order chi connectivity index (χ1) is 14.2. The van der Waals surface area contributed by atoms with Crippen LogP contribution in [0.4, 0.5) is 0 Å². The van der Waals surface area contributed by atoms with Gasteiger partial charge in [-0.1, -0.05) is 35.3 Å². The van der Waals surface area contributed by atoms with E-state index >= 15 is 0 Å². The van der Waals surface area contributed by atoms with Gasteiger partial charge < -0.3 is 10.1 Å². The standard InChI is InChI=1S/C21H24Cl2N2O4S/c1-14(15-5-7-17(22)8-6-15)24-21(26)16-4-3-11-25(13-16)30(27,28)20-12-18(23)9-10-19(20)29-2/h5-10,12,14,16H,3-4,11,13H2,1-2H3,(H,24,26)/t14-,16-/m0/s1. The molecule has 0 bridgehead atoms. The van der Waals surface area contributed by atoms with Crippen molar-refractivity contribution in [1.82, 2.24) is 9.62 Å². The minimum atomic E-state index is -3.85. The molecule has 0 saturated carbocycles. The van der Waals surface area contributed by atoms with Crippen molar-refractivity contribution in [3.8, 4) is 5.75 Å². The molecule has 6 nitrogen and oxygen atoms in total. The number of nitrogens with zero attached hydrogens (tertiary/aromatic N) is 1. The Morgan fingerprint density at radius 3 is 2.50 bits per heavy atom. The van der Waals surface area contributed by atoms with E-state index in [4.69, 9.17) is 27.9 Å². The van der Waals surface area contributed by atoms with Crippen LogP contribution in [0.15, 0.2) is 47.4 Å². The number of halogens is 2. The molecule has 2 aromatic carbocycles. The minimum absolute atomic E-state index is 0.00749. The normalized spacial score (nSPS) is 18.6. The van der Waals surface area contributed by atoms with Crippen LogP contribution in [-0.2, 0) is 14.8 Å². The maximum Gasteiger partial charge on any atom is 0.246 e. The maximum atomic E-state index is 13.2. The molecule has 1 fully saturated rings. The molecule has 30 heavy (non-hydrogen) atoms. The van der Waals surface area contributed by atoms with Gasteiger partial charge in [0.05, 0.1) is 19.1 Å². The van der Waals surface area contributed by atoms with Crippen LogP contribution in [0, 0.1) is 5.92 Å². The van der Waals surface area contributed by atoms with Crippen molar-refractivity contribution in [2.75, 3.05) is 20.2 Å². The molecule has 1 saturated heterocycles. The summed E-state index contributed by atoms with van der Waals surface area (Å²) in [5.41, 5.74) is 0.928. The van der Waals surface area contributed by atoms with E-state index in [9.17, 15) is 13.2 Å². The molecule has 0 aliphatic carbocycles. The van der Waals surface area contributed by atoms with Crippen LogP contribution in [0.25, 0.3) is 0 Å². The van der Waals surface area contributed by atoms with Gasteiger partial charge in [-0.15, -0.1) is 0 Å². The molecule has 2 atom stereocenters. The van der Waals surface area contributed by atoms with E-state index in [2.05, 4.69) is 5.32 Å². The summed E-state index contributed by atoms with van der Waals surface area (Å²) < 4.78 is 33.0. The van der Waals surface area contributed by atoms with Gasteiger partial charge in [-0.05, 0) is 55.7 Å². The Labute approximate surface area is 187 Å². The van der Waals surface area contributed by atoms with Crippen LogP contribution in [-0.4, -0.2) is 38.8 Å². The topological polar surface area (TPSA) is 75.7 Å². The fourth-order valence-corrected chi connectivity index (χ4v) is 5.60. The molecule has 0 radical (unpaired) electrons. The molecule has 1 aliphatic heterocycles. The number of piperidine rings is 1. The van der Waals surface area contributed by atoms with Crippen molar-refractivity contribution in [1.29, 1.82) is 0 Å². The predicted octanol–water partition coefficient (Wildman–Crippen LogP) is 4.28. The number of carbonyl (C=O) groups is 1. The zero-order valence-electron chi connectivity index (χ0n) is 16.8. The zero-order chi connectivity index (χ0) is 21.9. The second kappa shape index (κ2) is 9.56. The van der Waals surface area contributed by atoms with Crippen LogP contribution >= 0.6 is 23.2 Å². The van der Waals surface area contributed by atoms with Crippen LogP contribution < -0.4 is 10.1 Å². The third-order valence-corrected chi connectivity index (χ3v) is 7.60. The maximum absolute atomic E-state index is 13.2. The molecular formula is C21H24Cl2N2O4S. The highest BCUT2D eigenvalue weighted by Crippen LogP contribution is 2.32. The lowest BCUT2D eigenvalue weighted by Crippen LogP contribution is -2.45. The number of nitrogens with one attached hydrogen (secondary N) is 1. The summed E-state index contributed by atoms with van der Waals surface area (Å²) in [6, 6.07) is 11.5. The van der Waals surface area contributed by atoms with Gasteiger partial charge in [-0.2, -0.15) is 4.31 Å². The van der Waals surface area contributed by atoms with Crippen LogP contribution in [0.2, 0.25) is 10.0 Å². The van der Waals surface area contributed by atoms with E-state index in [1.807, 2.05) is 19.1 Å². The average Bonchev–Trinajstić information content (AvgIpc) is 2.74. The fourth-order valence-electron chi connectivity index (χ4n) is 3.53. The van der Waals surface area contributed by atoms with Crippen LogP contribution in [0.3, 0.4) is 0 Å². The minimum Gasteiger partial charge on any atom is -0.495 e. The number of benzene rings is 2. The molecule has 0 aromatic heterocycles. The summed E-state index contributed by atoms with van der Waals surface area (Å²) in [5.74, 6) is -0.383. The largest absolute Gasteiger partial charge is 0.495 e. The zero-order valence-corrected chi connectivity index (χ0v) is 19.1. The van der Waals surface area contributed by atoms with Crippen molar-refractivity contribution < 1.29 is 17.9 Å². The molecule has 0 unspecified atom stereocenters. The first kappa shape index (κ1) is 22.9. The lowest BCUT2D eigenvalue weighted by atomic mass is 9.98. The first-order valence-corrected chi connectivity index (χ1v) is 11.8. The SMILES string of the molecule is COc1ccc(Cl)cc1S(=O)(=O)N1CCC[C@H](C(=O)N[C@@H](C)c2ccc(Cl)cc2)C1. The summed E-state index contributed by atoms with van der Waals surface area (Å²) in [6.45, 7) is 2.33. The van der Waals surface area contributed by atoms with E-state index in [1.54, 1.807) is 18.2 Å². The van der Waals surface area contributed by atoms with Gasteiger partial charge in [0.25, 0.3) is 0 Å². The molecule has 1 N–H and O–H groups in total. The number of hydrogen-bond donors (Lipinski definition) is 1. The lowest BCUT2D eigenvalue weighted by Gasteiger charge is -2.32. The highest BCUT2D eigenvalue weighted by atomic mass is 35.5. The smallest absolute Gasteiger partial charge is 0.246 e. The summed E-state index contributed by atoms with van der Waals surface area (Å²) in [5, 5.41) is 3.91.